The zero-order valence-electron chi connectivity index (χ0n) is 11.8. The molecule has 0 heterocycles. The quantitative estimate of drug-likeness (QED) is 0.794. The van der Waals surface area contributed by atoms with Crippen LogP contribution in [0.25, 0.3) is 5.57 Å². The van der Waals surface area contributed by atoms with Crippen LogP contribution in [0.2, 0.25) is 0 Å². The summed E-state index contributed by atoms with van der Waals surface area (Å²) in [6.45, 7) is 12.3. The van der Waals surface area contributed by atoms with Crippen molar-refractivity contribution in [3.05, 3.63) is 66.3 Å². The number of allylic oxidation sites excluding steroid dienone is 1. The summed E-state index contributed by atoms with van der Waals surface area (Å²) in [4.78, 5) is 0. The predicted octanol–water partition coefficient (Wildman–Crippen LogP) is 4.36. The zero-order chi connectivity index (χ0) is 14.0. The molecule has 0 spiro atoms. The number of hydrogen-bond acceptors (Lipinski definition) is 1. The monoisotopic (exact) mass is 254 g/mol. The van der Waals surface area contributed by atoms with E-state index in [2.05, 4.69) is 20.1 Å². The average Bonchev–Trinajstić information content (AvgIpc) is 2.38. The second kappa shape index (κ2) is 5.18. The Balaban J connectivity index is 2.45. The maximum absolute atomic E-state index is 11.2. The molecule has 0 radical (unpaired) electrons. The smallest absolute Gasteiger partial charge is 0.114 e. The van der Waals surface area contributed by atoms with Gasteiger partial charge in [-0.15, -0.1) is 0 Å². The number of benzene rings is 1. The first-order valence-electron chi connectivity index (χ1n) is 6.76. The van der Waals surface area contributed by atoms with Crippen molar-refractivity contribution in [1.82, 2.24) is 0 Å². The minimum atomic E-state index is -1.00. The van der Waals surface area contributed by atoms with Crippen molar-refractivity contribution in [2.75, 3.05) is 0 Å². The molecule has 0 saturated heterocycles. The summed E-state index contributed by atoms with van der Waals surface area (Å²) >= 11 is 0. The van der Waals surface area contributed by atoms with Crippen LogP contribution in [-0.4, -0.2) is 10.7 Å². The number of hydrogen-bond donors (Lipinski definition) is 1. The van der Waals surface area contributed by atoms with E-state index < -0.39 is 5.60 Å². The van der Waals surface area contributed by atoms with Crippen LogP contribution in [0.4, 0.5) is 0 Å². The van der Waals surface area contributed by atoms with Crippen molar-refractivity contribution in [2.24, 2.45) is 5.92 Å². The molecule has 0 fully saturated rings. The van der Waals surface area contributed by atoms with Crippen LogP contribution in [0.5, 0.6) is 0 Å². The molecule has 100 valence electrons. The maximum Gasteiger partial charge on any atom is 0.114 e. The molecule has 0 saturated carbocycles. The minimum absolute atomic E-state index is 0.0453. The molecule has 1 aliphatic carbocycles. The van der Waals surface area contributed by atoms with E-state index in [-0.39, 0.29) is 5.92 Å². The summed E-state index contributed by atoms with van der Waals surface area (Å²) < 4.78 is 0. The third-order valence-electron chi connectivity index (χ3n) is 4.03. The fraction of sp³-hybridized carbons (Fsp3) is 0.333. The fourth-order valence-electron chi connectivity index (χ4n) is 2.93. The first-order valence-corrected chi connectivity index (χ1v) is 6.76. The van der Waals surface area contributed by atoms with Crippen LogP contribution >= 0.6 is 0 Å². The van der Waals surface area contributed by atoms with Crippen LogP contribution in [0.3, 0.4) is 0 Å². The topological polar surface area (TPSA) is 20.2 Å². The van der Waals surface area contributed by atoms with Gasteiger partial charge in [0.2, 0.25) is 0 Å². The van der Waals surface area contributed by atoms with E-state index in [0.717, 1.165) is 29.6 Å². The largest absolute Gasteiger partial charge is 0.380 e. The van der Waals surface area contributed by atoms with Gasteiger partial charge in [-0.05, 0) is 43.9 Å². The van der Waals surface area contributed by atoms with Gasteiger partial charge in [0, 0.05) is 5.92 Å². The van der Waals surface area contributed by atoms with Crippen LogP contribution in [0.1, 0.15) is 32.3 Å². The van der Waals surface area contributed by atoms with Gasteiger partial charge in [0.25, 0.3) is 0 Å². The van der Waals surface area contributed by atoms with E-state index in [1.54, 1.807) is 0 Å². The molecule has 0 unspecified atom stereocenters. The van der Waals surface area contributed by atoms with E-state index in [4.69, 9.17) is 0 Å². The van der Waals surface area contributed by atoms with Gasteiger partial charge in [0.15, 0.2) is 0 Å². The SMILES string of the molecule is C=C(C)[C@@H]1CCC(C)=C[C@@]1(O)C(=C)c1ccccc1. The molecule has 19 heavy (non-hydrogen) atoms. The molecule has 1 aromatic carbocycles. The number of rotatable bonds is 3. The van der Waals surface area contributed by atoms with Gasteiger partial charge in [0.1, 0.15) is 5.60 Å². The summed E-state index contributed by atoms with van der Waals surface area (Å²) in [6.07, 6.45) is 3.91. The average molecular weight is 254 g/mol. The molecule has 2 rings (SSSR count). The van der Waals surface area contributed by atoms with E-state index in [1.807, 2.05) is 43.3 Å². The van der Waals surface area contributed by atoms with Gasteiger partial charge in [-0.1, -0.05) is 54.6 Å². The summed E-state index contributed by atoms with van der Waals surface area (Å²) in [5.74, 6) is 0.0453. The molecule has 1 nitrogen and oxygen atoms in total. The van der Waals surface area contributed by atoms with Crippen molar-refractivity contribution < 1.29 is 5.11 Å². The van der Waals surface area contributed by atoms with Crippen molar-refractivity contribution >= 4 is 5.57 Å². The highest BCUT2D eigenvalue weighted by Crippen LogP contribution is 2.43. The van der Waals surface area contributed by atoms with Crippen molar-refractivity contribution in [3.63, 3.8) is 0 Å². The van der Waals surface area contributed by atoms with E-state index >= 15 is 0 Å². The Hall–Kier alpha value is -1.60. The van der Waals surface area contributed by atoms with Gasteiger partial charge in [-0.3, -0.25) is 0 Å². The third kappa shape index (κ3) is 2.57. The fourth-order valence-corrected chi connectivity index (χ4v) is 2.93. The molecular weight excluding hydrogens is 232 g/mol. The van der Waals surface area contributed by atoms with Crippen molar-refractivity contribution in [2.45, 2.75) is 32.3 Å². The standard InChI is InChI=1S/C18H22O/c1-13(2)17-11-10-14(3)12-18(17,19)15(4)16-8-6-5-7-9-16/h5-9,12,17,19H,1,4,10-11H2,2-3H3/t17-,18+/m0/s1. The zero-order valence-corrected chi connectivity index (χ0v) is 11.8. The van der Waals surface area contributed by atoms with Crippen molar-refractivity contribution in [1.29, 1.82) is 0 Å². The molecule has 1 aliphatic rings. The molecule has 0 amide bonds. The van der Waals surface area contributed by atoms with Crippen LogP contribution in [0, 0.1) is 5.92 Å². The van der Waals surface area contributed by atoms with Gasteiger partial charge in [-0.2, -0.15) is 0 Å². The lowest BCUT2D eigenvalue weighted by Gasteiger charge is -2.40. The Labute approximate surface area is 116 Å². The van der Waals surface area contributed by atoms with Gasteiger partial charge in [0.05, 0.1) is 0 Å². The second-order valence-electron chi connectivity index (χ2n) is 5.60. The van der Waals surface area contributed by atoms with E-state index in [9.17, 15) is 5.11 Å². The van der Waals surface area contributed by atoms with E-state index in [0.29, 0.717) is 0 Å². The molecule has 0 aliphatic heterocycles. The number of aliphatic hydroxyl groups is 1. The Morgan fingerprint density at radius 1 is 1.26 bits per heavy atom. The predicted molar refractivity (Wildman–Crippen MR) is 81.7 cm³/mol. The molecule has 0 aromatic heterocycles. The Kier molecular flexibility index (Phi) is 3.77. The Morgan fingerprint density at radius 2 is 1.89 bits per heavy atom. The normalized spacial score (nSPS) is 26.7. The lowest BCUT2D eigenvalue weighted by Crippen LogP contribution is -2.40. The van der Waals surface area contributed by atoms with E-state index in [1.165, 1.54) is 5.57 Å². The highest BCUT2D eigenvalue weighted by molar-refractivity contribution is 5.73. The molecule has 1 N–H and O–H groups in total. The molecule has 1 heteroatoms. The highest BCUT2D eigenvalue weighted by Gasteiger charge is 2.40. The molecule has 1 aromatic rings. The summed E-state index contributed by atoms with van der Waals surface area (Å²) in [7, 11) is 0. The summed E-state index contributed by atoms with van der Waals surface area (Å²) in [5, 5.41) is 11.2. The molecule has 0 bridgehead atoms. The third-order valence-corrected chi connectivity index (χ3v) is 4.03. The van der Waals surface area contributed by atoms with Crippen LogP contribution in [-0.2, 0) is 0 Å². The summed E-state index contributed by atoms with van der Waals surface area (Å²) in [6, 6.07) is 9.90. The van der Waals surface area contributed by atoms with Crippen molar-refractivity contribution in [3.8, 4) is 0 Å². The Morgan fingerprint density at radius 3 is 2.47 bits per heavy atom. The molecular formula is C18H22O. The van der Waals surface area contributed by atoms with Crippen LogP contribution in [0.15, 0.2) is 60.7 Å². The van der Waals surface area contributed by atoms with Crippen LogP contribution < -0.4 is 0 Å². The lowest BCUT2D eigenvalue weighted by atomic mass is 9.69. The first kappa shape index (κ1) is 13.8. The van der Waals surface area contributed by atoms with Gasteiger partial charge >= 0.3 is 0 Å². The minimum Gasteiger partial charge on any atom is -0.380 e. The lowest BCUT2D eigenvalue weighted by molar-refractivity contribution is 0.0904. The highest BCUT2D eigenvalue weighted by atomic mass is 16.3. The second-order valence-corrected chi connectivity index (χ2v) is 5.60. The van der Waals surface area contributed by atoms with Gasteiger partial charge in [-0.25, -0.2) is 0 Å². The molecule has 2 atom stereocenters. The first-order chi connectivity index (χ1) is 8.95. The Bertz CT molecular complexity index is 524. The van der Waals surface area contributed by atoms with Gasteiger partial charge < -0.3 is 5.11 Å². The maximum atomic E-state index is 11.2. The summed E-state index contributed by atoms with van der Waals surface area (Å²) in [5.41, 5.74) is 2.98.